The Bertz CT molecular complexity index is 426. The second-order valence-corrected chi connectivity index (χ2v) is 5.40. The summed E-state index contributed by atoms with van der Waals surface area (Å²) >= 11 is 0. The molecule has 7 heteroatoms. The fourth-order valence-corrected chi connectivity index (χ4v) is 2.39. The predicted octanol–water partition coefficient (Wildman–Crippen LogP) is -0.579. The van der Waals surface area contributed by atoms with Gasteiger partial charge in [0.15, 0.2) is 0 Å². The molecule has 0 saturated carbocycles. The molecular weight excluding hydrogens is 218 g/mol. The minimum atomic E-state index is -3.54. The zero-order valence-electron chi connectivity index (χ0n) is 8.95. The van der Waals surface area contributed by atoms with Crippen molar-refractivity contribution in [3.8, 4) is 0 Å². The molecule has 1 N–H and O–H groups in total. The van der Waals surface area contributed by atoms with Crippen LogP contribution in [-0.4, -0.2) is 47.3 Å². The number of hydrogen-bond acceptors (Lipinski definition) is 4. The Kier molecular flexibility index (Phi) is 3.48. The maximum Gasteiger partial charge on any atom is 0.246 e. The zero-order chi connectivity index (χ0) is 11.6. The largest absolute Gasteiger partial charge is 0.395 e. The average Bonchev–Trinajstić information content (AvgIpc) is 2.63. The average molecular weight is 233 g/mol. The molecule has 1 aromatic heterocycles. The summed E-state index contributed by atoms with van der Waals surface area (Å²) in [5.41, 5.74) is 0. The van der Waals surface area contributed by atoms with Gasteiger partial charge in [-0.1, -0.05) is 0 Å². The maximum atomic E-state index is 11.9. The van der Waals surface area contributed by atoms with Crippen molar-refractivity contribution in [1.29, 1.82) is 0 Å². The standard InChI is InChI=1S/C8H15N3O3S/c1-7(6-12)11(3)15(13,14)8-4-9-10(2)5-8/h4-5,7,12H,6H2,1-3H3. The van der Waals surface area contributed by atoms with Crippen LogP contribution in [0.3, 0.4) is 0 Å². The Morgan fingerprint density at radius 3 is 2.67 bits per heavy atom. The molecular formula is C8H15N3O3S. The Hall–Kier alpha value is -0.920. The Labute approximate surface area is 89.2 Å². The third kappa shape index (κ3) is 2.36. The first-order valence-electron chi connectivity index (χ1n) is 4.47. The lowest BCUT2D eigenvalue weighted by atomic mass is 10.4. The van der Waals surface area contributed by atoms with Crippen molar-refractivity contribution in [2.75, 3.05) is 13.7 Å². The van der Waals surface area contributed by atoms with E-state index < -0.39 is 16.1 Å². The summed E-state index contributed by atoms with van der Waals surface area (Å²) in [6.07, 6.45) is 2.71. The van der Waals surface area contributed by atoms with Gasteiger partial charge in [-0.25, -0.2) is 8.42 Å². The van der Waals surface area contributed by atoms with Crippen LogP contribution in [0.2, 0.25) is 0 Å². The molecule has 0 saturated heterocycles. The number of aromatic nitrogens is 2. The van der Waals surface area contributed by atoms with Crippen LogP contribution in [0, 0.1) is 0 Å². The van der Waals surface area contributed by atoms with Crippen LogP contribution in [-0.2, 0) is 17.1 Å². The van der Waals surface area contributed by atoms with Crippen molar-refractivity contribution in [3.63, 3.8) is 0 Å². The molecule has 0 fully saturated rings. The van der Waals surface area contributed by atoms with Gasteiger partial charge >= 0.3 is 0 Å². The molecule has 1 atom stereocenters. The molecule has 1 aromatic rings. The highest BCUT2D eigenvalue weighted by atomic mass is 32.2. The summed E-state index contributed by atoms with van der Waals surface area (Å²) in [6, 6.07) is -0.449. The molecule has 0 bridgehead atoms. The van der Waals surface area contributed by atoms with E-state index in [9.17, 15) is 8.42 Å². The molecule has 1 heterocycles. The van der Waals surface area contributed by atoms with Gasteiger partial charge in [-0.05, 0) is 6.92 Å². The first kappa shape index (κ1) is 12.2. The number of rotatable bonds is 4. The fraction of sp³-hybridized carbons (Fsp3) is 0.625. The molecule has 0 aromatic carbocycles. The highest BCUT2D eigenvalue weighted by molar-refractivity contribution is 7.89. The lowest BCUT2D eigenvalue weighted by Crippen LogP contribution is -2.37. The van der Waals surface area contributed by atoms with E-state index in [1.807, 2.05) is 0 Å². The molecule has 0 aliphatic rings. The van der Waals surface area contributed by atoms with Crippen LogP contribution in [0.25, 0.3) is 0 Å². The number of aryl methyl sites for hydroxylation is 1. The number of likely N-dealkylation sites (N-methyl/N-ethyl adjacent to an activating group) is 1. The van der Waals surface area contributed by atoms with E-state index in [0.29, 0.717) is 0 Å². The Morgan fingerprint density at radius 2 is 2.27 bits per heavy atom. The van der Waals surface area contributed by atoms with Crippen LogP contribution in [0.15, 0.2) is 17.3 Å². The van der Waals surface area contributed by atoms with Crippen molar-refractivity contribution < 1.29 is 13.5 Å². The molecule has 0 aliphatic carbocycles. The van der Waals surface area contributed by atoms with Crippen LogP contribution in [0.5, 0.6) is 0 Å². The normalized spacial score (nSPS) is 14.5. The van der Waals surface area contributed by atoms with Gasteiger partial charge in [0.1, 0.15) is 4.90 Å². The van der Waals surface area contributed by atoms with E-state index in [1.165, 1.54) is 24.1 Å². The maximum absolute atomic E-state index is 11.9. The summed E-state index contributed by atoms with van der Waals surface area (Å²) in [5, 5.41) is 12.7. The summed E-state index contributed by atoms with van der Waals surface area (Å²) < 4.78 is 26.4. The van der Waals surface area contributed by atoms with E-state index >= 15 is 0 Å². The SMILES string of the molecule is CC(CO)N(C)S(=O)(=O)c1cnn(C)c1. The van der Waals surface area contributed by atoms with Crippen molar-refractivity contribution in [2.24, 2.45) is 7.05 Å². The van der Waals surface area contributed by atoms with Crippen molar-refractivity contribution in [2.45, 2.75) is 17.9 Å². The van der Waals surface area contributed by atoms with E-state index in [-0.39, 0.29) is 11.5 Å². The monoisotopic (exact) mass is 233 g/mol. The minimum Gasteiger partial charge on any atom is -0.395 e. The summed E-state index contributed by atoms with van der Waals surface area (Å²) in [7, 11) is -0.458. The first-order valence-corrected chi connectivity index (χ1v) is 5.91. The van der Waals surface area contributed by atoms with Crippen LogP contribution < -0.4 is 0 Å². The molecule has 0 aliphatic heterocycles. The summed E-state index contributed by atoms with van der Waals surface area (Å²) in [4.78, 5) is 0.132. The van der Waals surface area contributed by atoms with Crippen LogP contribution in [0.1, 0.15) is 6.92 Å². The topological polar surface area (TPSA) is 75.4 Å². The van der Waals surface area contributed by atoms with Gasteiger partial charge in [0.05, 0.1) is 12.8 Å². The van der Waals surface area contributed by atoms with E-state index in [1.54, 1.807) is 14.0 Å². The van der Waals surface area contributed by atoms with E-state index in [2.05, 4.69) is 5.10 Å². The lowest BCUT2D eigenvalue weighted by Gasteiger charge is -2.21. The van der Waals surface area contributed by atoms with E-state index in [4.69, 9.17) is 5.11 Å². The number of nitrogens with zero attached hydrogens (tertiary/aromatic N) is 3. The molecule has 0 spiro atoms. The second kappa shape index (κ2) is 4.30. The lowest BCUT2D eigenvalue weighted by molar-refractivity contribution is 0.214. The Balaban J connectivity index is 3.03. The highest BCUT2D eigenvalue weighted by Gasteiger charge is 2.25. The minimum absolute atomic E-state index is 0.132. The molecule has 15 heavy (non-hydrogen) atoms. The third-order valence-electron chi connectivity index (χ3n) is 2.24. The second-order valence-electron chi connectivity index (χ2n) is 3.40. The molecule has 1 unspecified atom stereocenters. The predicted molar refractivity (Wildman–Crippen MR) is 54.7 cm³/mol. The van der Waals surface area contributed by atoms with Crippen molar-refractivity contribution >= 4 is 10.0 Å². The number of aliphatic hydroxyl groups is 1. The van der Waals surface area contributed by atoms with Crippen molar-refractivity contribution in [1.82, 2.24) is 14.1 Å². The van der Waals surface area contributed by atoms with Gasteiger partial charge < -0.3 is 5.11 Å². The Morgan fingerprint density at radius 1 is 1.67 bits per heavy atom. The van der Waals surface area contributed by atoms with Gasteiger partial charge in [0, 0.05) is 26.3 Å². The molecule has 1 rings (SSSR count). The van der Waals surface area contributed by atoms with Crippen LogP contribution in [0.4, 0.5) is 0 Å². The molecule has 6 nitrogen and oxygen atoms in total. The number of aliphatic hydroxyl groups excluding tert-OH is 1. The van der Waals surface area contributed by atoms with Gasteiger partial charge in [0.25, 0.3) is 0 Å². The summed E-state index contributed by atoms with van der Waals surface area (Å²) in [6.45, 7) is 1.42. The summed E-state index contributed by atoms with van der Waals surface area (Å²) in [5.74, 6) is 0. The van der Waals surface area contributed by atoms with Gasteiger partial charge in [-0.3, -0.25) is 4.68 Å². The molecule has 0 amide bonds. The van der Waals surface area contributed by atoms with Gasteiger partial charge in [-0.2, -0.15) is 9.40 Å². The zero-order valence-corrected chi connectivity index (χ0v) is 9.77. The molecule has 0 radical (unpaired) electrons. The fourth-order valence-electron chi connectivity index (χ4n) is 1.05. The third-order valence-corrected chi connectivity index (χ3v) is 4.17. The quantitative estimate of drug-likeness (QED) is 0.755. The van der Waals surface area contributed by atoms with Gasteiger partial charge in [-0.15, -0.1) is 0 Å². The highest BCUT2D eigenvalue weighted by Crippen LogP contribution is 2.14. The van der Waals surface area contributed by atoms with Crippen LogP contribution >= 0.6 is 0 Å². The van der Waals surface area contributed by atoms with Gasteiger partial charge in [0.2, 0.25) is 10.0 Å². The smallest absolute Gasteiger partial charge is 0.246 e. The number of hydrogen-bond donors (Lipinski definition) is 1. The first-order chi connectivity index (χ1) is 6.89. The molecule has 86 valence electrons. The van der Waals surface area contributed by atoms with Crippen molar-refractivity contribution in [3.05, 3.63) is 12.4 Å². The number of sulfonamides is 1. The van der Waals surface area contributed by atoms with E-state index in [0.717, 1.165) is 4.31 Å².